The molecule has 0 aliphatic rings. The Kier molecular flexibility index (Phi) is 14.8. The molecule has 2 rings (SSSR count). The fourth-order valence-electron chi connectivity index (χ4n) is 4.36. The zero-order valence-corrected chi connectivity index (χ0v) is 24.9. The minimum Gasteiger partial charge on any atom is -0.272 e. The number of nitro groups is 4. The van der Waals surface area contributed by atoms with Gasteiger partial charge in [0.1, 0.15) is 11.4 Å². The number of benzene rings is 2. The van der Waals surface area contributed by atoms with E-state index in [1.54, 1.807) is 0 Å². The number of nitrogens with one attached hydrogen (secondary N) is 2. The second kappa shape index (κ2) is 18.5. The molecule has 0 saturated carbocycles. The van der Waals surface area contributed by atoms with E-state index in [0.717, 1.165) is 101 Å². The SMILES string of the molecule is C/C(CCCCCCCCCCCC/C(C)=N\Nc1ccc([N+](=O)[O-])cc1[N+](=O)[O-])=N/Nc1ccc([N+](=O)[O-])cc1[N+](=O)[O-]. The molecule has 0 unspecified atom stereocenters. The molecule has 238 valence electrons. The number of nitrogens with zero attached hydrogens (tertiary/aromatic N) is 6. The smallest absolute Gasteiger partial charge is 0.272 e. The molecule has 0 aromatic heterocycles. The van der Waals surface area contributed by atoms with Gasteiger partial charge in [0.05, 0.1) is 31.8 Å². The molecule has 0 aliphatic carbocycles. The largest absolute Gasteiger partial charge is 0.301 e. The first-order chi connectivity index (χ1) is 21.0. The summed E-state index contributed by atoms with van der Waals surface area (Å²) in [5, 5.41) is 52.5. The minimum atomic E-state index is -0.681. The third-order valence-corrected chi connectivity index (χ3v) is 6.84. The van der Waals surface area contributed by atoms with E-state index in [4.69, 9.17) is 0 Å². The van der Waals surface area contributed by atoms with Gasteiger partial charge in [-0.05, 0) is 51.7 Å². The van der Waals surface area contributed by atoms with Gasteiger partial charge in [0.25, 0.3) is 11.4 Å². The average molecular weight is 615 g/mol. The van der Waals surface area contributed by atoms with Crippen LogP contribution >= 0.6 is 0 Å². The lowest BCUT2D eigenvalue weighted by molar-refractivity contribution is -0.393. The lowest BCUT2D eigenvalue weighted by atomic mass is 10.0. The third-order valence-electron chi connectivity index (χ3n) is 6.84. The monoisotopic (exact) mass is 614 g/mol. The van der Waals surface area contributed by atoms with Crippen LogP contribution in [-0.2, 0) is 0 Å². The maximum Gasteiger partial charge on any atom is 0.301 e. The normalized spacial score (nSPS) is 11.7. The number of hydrogen-bond acceptors (Lipinski definition) is 12. The van der Waals surface area contributed by atoms with Crippen molar-refractivity contribution in [1.82, 2.24) is 0 Å². The number of nitro benzene ring substituents is 4. The molecule has 0 fully saturated rings. The highest BCUT2D eigenvalue weighted by Gasteiger charge is 2.20. The number of unbranched alkanes of at least 4 members (excludes halogenated alkanes) is 9. The van der Waals surface area contributed by atoms with Crippen LogP contribution < -0.4 is 10.9 Å². The Hall–Kier alpha value is -5.02. The van der Waals surface area contributed by atoms with Crippen molar-refractivity contribution >= 4 is 45.5 Å². The highest BCUT2D eigenvalue weighted by atomic mass is 16.6. The number of hydrazone groups is 2. The van der Waals surface area contributed by atoms with E-state index in [-0.39, 0.29) is 22.7 Å². The molecule has 0 aliphatic heterocycles. The molecular formula is C28H38N8O8. The molecule has 0 amide bonds. The summed E-state index contributed by atoms with van der Waals surface area (Å²) in [7, 11) is 0. The molecule has 2 aromatic carbocycles. The molecule has 0 saturated heterocycles. The predicted molar refractivity (Wildman–Crippen MR) is 168 cm³/mol. The van der Waals surface area contributed by atoms with Crippen LogP contribution in [0.1, 0.15) is 90.9 Å². The van der Waals surface area contributed by atoms with E-state index < -0.39 is 31.1 Å². The van der Waals surface area contributed by atoms with Gasteiger partial charge in [-0.25, -0.2) is 0 Å². The summed E-state index contributed by atoms with van der Waals surface area (Å²) < 4.78 is 0. The summed E-state index contributed by atoms with van der Waals surface area (Å²) in [6, 6.07) is 6.78. The topological polar surface area (TPSA) is 221 Å². The van der Waals surface area contributed by atoms with E-state index in [0.29, 0.717) is 0 Å². The Balaban J connectivity index is 1.54. The second-order valence-electron chi connectivity index (χ2n) is 10.4. The number of hydrogen-bond donors (Lipinski definition) is 2. The lowest BCUT2D eigenvalue weighted by Gasteiger charge is -2.06. The molecule has 2 aromatic rings. The molecule has 44 heavy (non-hydrogen) atoms. The fraction of sp³-hybridized carbons (Fsp3) is 0.500. The first-order valence-corrected chi connectivity index (χ1v) is 14.4. The Labute approximate surface area is 254 Å². The van der Waals surface area contributed by atoms with Crippen LogP contribution in [0.2, 0.25) is 0 Å². The Morgan fingerprint density at radius 2 is 0.864 bits per heavy atom. The van der Waals surface area contributed by atoms with Crippen LogP contribution in [0.4, 0.5) is 34.1 Å². The van der Waals surface area contributed by atoms with Crippen molar-refractivity contribution in [3.05, 3.63) is 76.9 Å². The summed E-state index contributed by atoms with van der Waals surface area (Å²) in [5.74, 6) is 0. The first-order valence-electron chi connectivity index (χ1n) is 14.4. The summed E-state index contributed by atoms with van der Waals surface area (Å²) in [5.41, 5.74) is 5.60. The van der Waals surface area contributed by atoms with Gasteiger partial charge < -0.3 is 0 Å². The van der Waals surface area contributed by atoms with E-state index in [9.17, 15) is 40.5 Å². The van der Waals surface area contributed by atoms with Crippen LogP contribution in [0, 0.1) is 40.5 Å². The summed E-state index contributed by atoms with van der Waals surface area (Å²) in [4.78, 5) is 41.4. The van der Waals surface area contributed by atoms with Crippen LogP contribution in [0.25, 0.3) is 0 Å². The molecular weight excluding hydrogens is 576 g/mol. The molecule has 2 N–H and O–H groups in total. The molecule has 16 nitrogen and oxygen atoms in total. The molecule has 0 bridgehead atoms. The number of anilines is 2. The van der Waals surface area contributed by atoms with Crippen molar-refractivity contribution in [1.29, 1.82) is 0 Å². The van der Waals surface area contributed by atoms with E-state index in [1.165, 1.54) is 24.3 Å². The van der Waals surface area contributed by atoms with Crippen LogP contribution in [0.5, 0.6) is 0 Å². The molecule has 0 heterocycles. The highest BCUT2D eigenvalue weighted by molar-refractivity contribution is 5.83. The molecule has 16 heteroatoms. The van der Waals surface area contributed by atoms with E-state index in [1.807, 2.05) is 13.8 Å². The van der Waals surface area contributed by atoms with E-state index >= 15 is 0 Å². The zero-order valence-electron chi connectivity index (χ0n) is 24.9. The van der Waals surface area contributed by atoms with Crippen molar-refractivity contribution in [2.45, 2.75) is 90.9 Å². The molecule has 0 spiro atoms. The minimum absolute atomic E-state index is 0.105. The lowest BCUT2D eigenvalue weighted by Crippen LogP contribution is -2.01. The van der Waals surface area contributed by atoms with Crippen LogP contribution in [0.15, 0.2) is 46.6 Å². The maximum atomic E-state index is 11.2. The van der Waals surface area contributed by atoms with Gasteiger partial charge in [-0.1, -0.05) is 51.4 Å². The second-order valence-corrected chi connectivity index (χ2v) is 10.4. The van der Waals surface area contributed by atoms with Crippen molar-refractivity contribution in [2.75, 3.05) is 10.9 Å². The quantitative estimate of drug-likeness (QED) is 0.0592. The maximum absolute atomic E-state index is 11.2. The predicted octanol–water partition coefficient (Wildman–Crippen LogP) is 8.28. The van der Waals surface area contributed by atoms with Crippen LogP contribution in [0.3, 0.4) is 0 Å². The standard InChI is InChI=1S/C28H38N8O8/c1-21(29-31-25-17-15-23(33(37)38)19-27(25)35(41)42)13-11-9-7-5-3-4-6-8-10-12-14-22(2)30-32-26-18-16-24(34(39)40)20-28(26)36(43)44/h15-20,31-32H,3-14H2,1-2H3/b29-21-,30-22-. The van der Waals surface area contributed by atoms with Crippen LogP contribution in [-0.4, -0.2) is 31.1 Å². The summed E-state index contributed by atoms with van der Waals surface area (Å²) >= 11 is 0. The Bertz CT molecular complexity index is 1280. The van der Waals surface area contributed by atoms with Gasteiger partial charge in [0, 0.05) is 23.6 Å². The number of non-ortho nitro benzene ring substituents is 2. The Morgan fingerprint density at radius 3 is 1.16 bits per heavy atom. The van der Waals surface area contributed by atoms with Crippen molar-refractivity contribution in [2.24, 2.45) is 10.2 Å². The van der Waals surface area contributed by atoms with Crippen molar-refractivity contribution in [3.63, 3.8) is 0 Å². The first kappa shape index (κ1) is 35.2. The van der Waals surface area contributed by atoms with Gasteiger partial charge in [-0.3, -0.25) is 51.3 Å². The third kappa shape index (κ3) is 12.5. The van der Waals surface area contributed by atoms with Gasteiger partial charge in [-0.2, -0.15) is 10.2 Å². The Morgan fingerprint density at radius 1 is 0.545 bits per heavy atom. The molecule has 0 atom stereocenters. The number of rotatable bonds is 21. The summed E-state index contributed by atoms with van der Waals surface area (Å²) in [6.07, 6.45) is 12.4. The van der Waals surface area contributed by atoms with Gasteiger partial charge >= 0.3 is 11.4 Å². The average Bonchev–Trinajstić information content (AvgIpc) is 2.98. The van der Waals surface area contributed by atoms with Crippen molar-refractivity contribution < 1.29 is 19.7 Å². The summed E-state index contributed by atoms with van der Waals surface area (Å²) in [6.45, 7) is 3.66. The van der Waals surface area contributed by atoms with Gasteiger partial charge in [0.15, 0.2) is 0 Å². The van der Waals surface area contributed by atoms with Gasteiger partial charge in [0.2, 0.25) is 0 Å². The molecule has 0 radical (unpaired) electrons. The van der Waals surface area contributed by atoms with Gasteiger partial charge in [-0.15, -0.1) is 0 Å². The van der Waals surface area contributed by atoms with Crippen molar-refractivity contribution in [3.8, 4) is 0 Å². The fourth-order valence-corrected chi connectivity index (χ4v) is 4.36. The van der Waals surface area contributed by atoms with E-state index in [2.05, 4.69) is 21.1 Å². The zero-order chi connectivity index (χ0) is 32.5. The highest BCUT2D eigenvalue weighted by Crippen LogP contribution is 2.30.